The lowest BCUT2D eigenvalue weighted by atomic mass is 9.70. The average Bonchev–Trinajstić information content (AvgIpc) is 3.91. The number of hydrogen-bond donors (Lipinski definition) is 0. The lowest BCUT2D eigenvalue weighted by Gasteiger charge is -2.36. The van der Waals surface area contributed by atoms with Crippen LogP contribution >= 0.6 is 11.3 Å². The Labute approximate surface area is 319 Å². The smallest absolute Gasteiger partial charge is 0.0746 e. The summed E-state index contributed by atoms with van der Waals surface area (Å²) in [5.41, 5.74) is 19.1. The van der Waals surface area contributed by atoms with E-state index in [1.807, 2.05) is 11.3 Å². The number of benzene rings is 8. The molecule has 9 aromatic rings. The Morgan fingerprint density at radius 2 is 0.889 bits per heavy atom. The lowest BCUT2D eigenvalue weighted by Crippen LogP contribution is -2.28. The number of nitrogens with zero attached hydrogens (tertiary/aromatic N) is 1. The molecule has 3 aliphatic carbocycles. The molecule has 54 heavy (non-hydrogen) atoms. The van der Waals surface area contributed by atoms with E-state index in [-0.39, 0.29) is 5.41 Å². The summed E-state index contributed by atoms with van der Waals surface area (Å²) in [6, 6.07) is 66.5. The molecule has 0 saturated heterocycles. The summed E-state index contributed by atoms with van der Waals surface area (Å²) in [7, 11) is 0. The molecule has 1 spiro atoms. The van der Waals surface area contributed by atoms with Crippen molar-refractivity contribution in [2.45, 2.75) is 24.7 Å². The van der Waals surface area contributed by atoms with Crippen LogP contribution in [0.2, 0.25) is 0 Å². The molecule has 1 nitrogen and oxygen atoms in total. The van der Waals surface area contributed by atoms with E-state index >= 15 is 0 Å². The minimum atomic E-state index is -0.473. The van der Waals surface area contributed by atoms with E-state index in [0.29, 0.717) is 0 Å². The normalized spacial score (nSPS) is 14.8. The summed E-state index contributed by atoms with van der Waals surface area (Å²) in [5.74, 6) is 0. The van der Waals surface area contributed by atoms with E-state index in [1.165, 1.54) is 104 Å². The average molecular weight is 706 g/mol. The predicted molar refractivity (Wildman–Crippen MR) is 228 cm³/mol. The second-order valence-corrected chi connectivity index (χ2v) is 16.7. The van der Waals surface area contributed by atoms with Gasteiger partial charge in [0.15, 0.2) is 0 Å². The van der Waals surface area contributed by atoms with Crippen molar-refractivity contribution in [3.05, 3.63) is 209 Å². The van der Waals surface area contributed by atoms with Crippen molar-refractivity contribution in [3.8, 4) is 33.4 Å². The molecular weight excluding hydrogens is 671 g/mol. The lowest BCUT2D eigenvalue weighted by molar-refractivity contribution is 0.660. The van der Waals surface area contributed by atoms with Crippen molar-refractivity contribution in [1.29, 1.82) is 0 Å². The zero-order valence-electron chi connectivity index (χ0n) is 30.1. The highest BCUT2D eigenvalue weighted by Crippen LogP contribution is 2.65. The molecule has 0 atom stereocenters. The van der Waals surface area contributed by atoms with Gasteiger partial charge in [-0.05, 0) is 104 Å². The third-order valence-corrected chi connectivity index (χ3v) is 13.8. The Hall–Kier alpha value is -6.22. The van der Waals surface area contributed by atoms with Crippen molar-refractivity contribution in [1.82, 2.24) is 0 Å². The van der Waals surface area contributed by atoms with Gasteiger partial charge in [0.05, 0.1) is 11.1 Å². The predicted octanol–water partition coefficient (Wildman–Crippen LogP) is 14.2. The molecule has 0 fully saturated rings. The first-order valence-corrected chi connectivity index (χ1v) is 19.8. The maximum Gasteiger partial charge on any atom is 0.0746 e. The summed E-state index contributed by atoms with van der Waals surface area (Å²) in [6.45, 7) is 4.77. The fraction of sp³-hybridized carbons (Fsp3) is 0.0769. The number of thiophene rings is 1. The highest BCUT2D eigenvalue weighted by atomic mass is 32.1. The van der Waals surface area contributed by atoms with E-state index in [2.05, 4.69) is 195 Å². The Kier molecular flexibility index (Phi) is 5.99. The van der Waals surface area contributed by atoms with E-state index < -0.39 is 5.41 Å². The first-order chi connectivity index (χ1) is 26.5. The summed E-state index contributed by atoms with van der Waals surface area (Å²) in [5, 5.41) is 2.61. The summed E-state index contributed by atoms with van der Waals surface area (Å²) < 4.78 is 2.63. The Bertz CT molecular complexity index is 2990. The van der Waals surface area contributed by atoms with Crippen molar-refractivity contribution >= 4 is 48.6 Å². The van der Waals surface area contributed by atoms with Gasteiger partial charge >= 0.3 is 0 Å². The highest BCUT2D eigenvalue weighted by molar-refractivity contribution is 7.25. The molecule has 1 heterocycles. The van der Waals surface area contributed by atoms with Crippen LogP contribution in [0.25, 0.3) is 53.6 Å². The van der Waals surface area contributed by atoms with E-state index in [9.17, 15) is 0 Å². The first kappa shape index (κ1) is 30.3. The van der Waals surface area contributed by atoms with Gasteiger partial charge in [-0.15, -0.1) is 11.3 Å². The van der Waals surface area contributed by atoms with E-state index in [4.69, 9.17) is 0 Å². The Balaban J connectivity index is 1.19. The van der Waals surface area contributed by atoms with Crippen LogP contribution in [-0.4, -0.2) is 0 Å². The van der Waals surface area contributed by atoms with Gasteiger partial charge in [-0.25, -0.2) is 0 Å². The maximum absolute atomic E-state index is 2.57. The van der Waals surface area contributed by atoms with Crippen LogP contribution in [-0.2, 0) is 10.8 Å². The van der Waals surface area contributed by atoms with Crippen LogP contribution in [0.4, 0.5) is 17.1 Å². The van der Waals surface area contributed by atoms with Crippen molar-refractivity contribution in [2.75, 3.05) is 4.90 Å². The SMILES string of the molecule is CC1(C)c2ccccc2-c2ccc(N(c3ccc4sc5ccccc5c4c3)c3cccc4c3C3(c5ccccc5-c5ccccc53)c3ccccc3-4)cc21. The van der Waals surface area contributed by atoms with Crippen molar-refractivity contribution < 1.29 is 0 Å². The molecule has 2 heteroatoms. The van der Waals surface area contributed by atoms with Crippen molar-refractivity contribution in [2.24, 2.45) is 0 Å². The molecule has 0 bridgehead atoms. The van der Waals surface area contributed by atoms with Crippen LogP contribution in [0.1, 0.15) is 47.2 Å². The molecule has 0 saturated carbocycles. The summed E-state index contributed by atoms with van der Waals surface area (Å²) >= 11 is 1.88. The van der Waals surface area contributed by atoms with Gasteiger partial charge in [-0.3, -0.25) is 0 Å². The Morgan fingerprint density at radius 1 is 0.389 bits per heavy atom. The van der Waals surface area contributed by atoms with Crippen LogP contribution in [0.3, 0.4) is 0 Å². The van der Waals surface area contributed by atoms with Crippen LogP contribution < -0.4 is 4.90 Å². The molecule has 0 amide bonds. The number of rotatable bonds is 3. The van der Waals surface area contributed by atoms with Crippen molar-refractivity contribution in [3.63, 3.8) is 0 Å². The minimum Gasteiger partial charge on any atom is -0.310 e. The third kappa shape index (κ3) is 3.73. The molecule has 8 aromatic carbocycles. The molecule has 0 unspecified atom stereocenters. The second-order valence-electron chi connectivity index (χ2n) is 15.6. The van der Waals surface area contributed by atoms with E-state index in [1.54, 1.807) is 0 Å². The summed E-state index contributed by atoms with van der Waals surface area (Å²) in [4.78, 5) is 2.57. The monoisotopic (exact) mass is 705 g/mol. The highest BCUT2D eigenvalue weighted by Gasteiger charge is 2.53. The van der Waals surface area contributed by atoms with Gasteiger partial charge in [0.25, 0.3) is 0 Å². The van der Waals surface area contributed by atoms with Crippen LogP contribution in [0.5, 0.6) is 0 Å². The van der Waals surface area contributed by atoms with Crippen LogP contribution in [0, 0.1) is 0 Å². The molecule has 12 rings (SSSR count). The molecule has 3 aliphatic rings. The second kappa shape index (κ2) is 10.7. The molecule has 0 N–H and O–H groups in total. The quantitative estimate of drug-likeness (QED) is 0.177. The molecule has 1 aromatic heterocycles. The number of fused-ring (bicyclic) bond motifs is 16. The van der Waals surface area contributed by atoms with Gasteiger partial charge < -0.3 is 4.90 Å². The zero-order chi connectivity index (χ0) is 35.8. The zero-order valence-corrected chi connectivity index (χ0v) is 30.9. The largest absolute Gasteiger partial charge is 0.310 e. The standard InChI is InChI=1S/C52H35NS/c1-51(2)42-20-8-3-14-34(42)38-28-26-33(31-46(38)51)53(32-27-29-49-41(30-32)39-18-7-12-25-48(39)54-49)47-24-13-19-40-37-17-6-11-23-45(37)52(50(40)47)43-21-9-4-15-35(43)36-16-5-10-22-44(36)52/h3-31H,1-2H3. The minimum absolute atomic E-state index is 0.124. The topological polar surface area (TPSA) is 3.24 Å². The van der Waals surface area contributed by atoms with E-state index in [0.717, 1.165) is 0 Å². The van der Waals surface area contributed by atoms with Gasteiger partial charge in [0, 0.05) is 42.5 Å². The van der Waals surface area contributed by atoms with Gasteiger partial charge in [0.1, 0.15) is 0 Å². The number of anilines is 3. The molecule has 0 aliphatic heterocycles. The third-order valence-electron chi connectivity index (χ3n) is 12.7. The first-order valence-electron chi connectivity index (χ1n) is 18.9. The Morgan fingerprint density at radius 3 is 1.59 bits per heavy atom. The summed E-state index contributed by atoms with van der Waals surface area (Å²) in [6.07, 6.45) is 0. The maximum atomic E-state index is 2.57. The molecule has 254 valence electrons. The van der Waals surface area contributed by atoms with Gasteiger partial charge in [0.2, 0.25) is 0 Å². The van der Waals surface area contributed by atoms with Gasteiger partial charge in [-0.1, -0.05) is 147 Å². The fourth-order valence-corrected chi connectivity index (χ4v) is 11.5. The van der Waals surface area contributed by atoms with Crippen LogP contribution in [0.15, 0.2) is 176 Å². The fourth-order valence-electron chi connectivity index (χ4n) is 10.4. The molecular formula is C52H35NS. The number of hydrogen-bond acceptors (Lipinski definition) is 2. The molecule has 0 radical (unpaired) electrons. The van der Waals surface area contributed by atoms with Gasteiger partial charge in [-0.2, -0.15) is 0 Å².